The number of methoxy groups -OCH3 is 1. The number of benzene rings is 1. The van der Waals surface area contributed by atoms with Gasteiger partial charge in [-0.05, 0) is 30.3 Å². The number of ether oxygens (including phenoxy) is 1. The molecule has 1 heterocycles. The van der Waals surface area contributed by atoms with Gasteiger partial charge in [-0.15, -0.1) is 0 Å². The van der Waals surface area contributed by atoms with Crippen molar-refractivity contribution < 1.29 is 13.9 Å². The summed E-state index contributed by atoms with van der Waals surface area (Å²) in [5.74, 6) is 1.74. The average Bonchev–Trinajstić information content (AvgIpc) is 2.78. The van der Waals surface area contributed by atoms with Gasteiger partial charge in [0.25, 0.3) is 0 Å². The smallest absolute Gasteiger partial charge is 0.194 e. The summed E-state index contributed by atoms with van der Waals surface area (Å²) in [6.07, 6.45) is 0.539. The molecule has 0 atom stereocenters. The lowest BCUT2D eigenvalue weighted by atomic mass is 10.1. The summed E-state index contributed by atoms with van der Waals surface area (Å²) >= 11 is 5.96. The molecule has 0 aliphatic rings. The number of halogens is 1. The molecular formula is C14H13ClO3. The van der Waals surface area contributed by atoms with E-state index in [0.717, 1.165) is 11.3 Å². The Morgan fingerprint density at radius 3 is 2.72 bits per heavy atom. The van der Waals surface area contributed by atoms with Crippen molar-refractivity contribution in [1.82, 2.24) is 0 Å². The Morgan fingerprint density at radius 1 is 1.33 bits per heavy atom. The predicted octanol–water partition coefficient (Wildman–Crippen LogP) is 3.74. The van der Waals surface area contributed by atoms with E-state index in [2.05, 4.69) is 0 Å². The molecule has 0 fully saturated rings. The van der Waals surface area contributed by atoms with Crippen LogP contribution in [0.3, 0.4) is 0 Å². The number of carbonyl (C=O) groups excluding carboxylic acids is 1. The van der Waals surface area contributed by atoms with Gasteiger partial charge in [-0.1, -0.05) is 11.6 Å². The van der Waals surface area contributed by atoms with E-state index >= 15 is 0 Å². The van der Waals surface area contributed by atoms with Gasteiger partial charge >= 0.3 is 0 Å². The molecule has 0 saturated heterocycles. The van der Waals surface area contributed by atoms with Crippen molar-refractivity contribution in [3.63, 3.8) is 0 Å². The Labute approximate surface area is 110 Å². The van der Waals surface area contributed by atoms with Gasteiger partial charge in [-0.3, -0.25) is 4.79 Å². The molecule has 0 amide bonds. The summed E-state index contributed by atoms with van der Waals surface area (Å²) in [7, 11) is 1.61. The zero-order chi connectivity index (χ0) is 13.1. The van der Waals surface area contributed by atoms with Crippen molar-refractivity contribution in [2.75, 3.05) is 7.11 Å². The first-order valence-corrected chi connectivity index (χ1v) is 5.90. The highest BCUT2D eigenvalue weighted by Gasteiger charge is 2.10. The van der Waals surface area contributed by atoms with Gasteiger partial charge in [-0.25, -0.2) is 0 Å². The van der Waals surface area contributed by atoms with E-state index in [1.165, 1.54) is 6.92 Å². The maximum atomic E-state index is 11.1. The molecule has 0 aliphatic heterocycles. The third-order valence-corrected chi connectivity index (χ3v) is 2.85. The van der Waals surface area contributed by atoms with Crippen LogP contribution in [0.2, 0.25) is 5.02 Å². The lowest BCUT2D eigenvalue weighted by Crippen LogP contribution is -1.93. The molecule has 2 rings (SSSR count). The lowest BCUT2D eigenvalue weighted by molar-refractivity contribution is 0.0985. The number of hydrogen-bond acceptors (Lipinski definition) is 3. The van der Waals surface area contributed by atoms with Crippen LogP contribution in [0.25, 0.3) is 0 Å². The van der Waals surface area contributed by atoms with Crippen LogP contribution in [0.15, 0.2) is 34.7 Å². The van der Waals surface area contributed by atoms with Crippen LogP contribution in [-0.4, -0.2) is 12.9 Å². The number of furan rings is 1. The third-order valence-electron chi connectivity index (χ3n) is 2.62. The Hall–Kier alpha value is -1.74. The highest BCUT2D eigenvalue weighted by molar-refractivity contribution is 6.30. The maximum absolute atomic E-state index is 11.1. The molecule has 3 nitrogen and oxygen atoms in total. The van der Waals surface area contributed by atoms with Crippen LogP contribution < -0.4 is 4.74 Å². The Kier molecular flexibility index (Phi) is 3.72. The van der Waals surface area contributed by atoms with Crippen LogP contribution in [0.4, 0.5) is 0 Å². The van der Waals surface area contributed by atoms with Crippen molar-refractivity contribution in [2.24, 2.45) is 0 Å². The van der Waals surface area contributed by atoms with E-state index in [1.807, 2.05) is 12.1 Å². The van der Waals surface area contributed by atoms with E-state index in [4.69, 9.17) is 20.8 Å². The Bertz CT molecular complexity index is 572. The minimum absolute atomic E-state index is 0.0840. The topological polar surface area (TPSA) is 39.4 Å². The van der Waals surface area contributed by atoms with Crippen LogP contribution in [0.1, 0.15) is 28.8 Å². The number of ketones is 1. The van der Waals surface area contributed by atoms with E-state index < -0.39 is 0 Å². The van der Waals surface area contributed by atoms with Crippen molar-refractivity contribution in [3.05, 3.63) is 52.4 Å². The maximum Gasteiger partial charge on any atom is 0.194 e. The molecule has 1 aromatic heterocycles. The summed E-state index contributed by atoms with van der Waals surface area (Å²) < 4.78 is 10.7. The molecule has 0 bridgehead atoms. The lowest BCUT2D eigenvalue weighted by Gasteiger charge is -2.07. The van der Waals surface area contributed by atoms with Crippen LogP contribution in [0, 0.1) is 0 Å². The SMILES string of the molecule is COc1ccc(Cl)cc1Cc1ccc(C(C)=O)o1. The molecule has 0 saturated carbocycles. The van der Waals surface area contributed by atoms with Crippen molar-refractivity contribution in [1.29, 1.82) is 0 Å². The summed E-state index contributed by atoms with van der Waals surface area (Å²) in [6, 6.07) is 8.88. The molecule has 2 aromatic rings. The number of carbonyl (C=O) groups is 1. The third kappa shape index (κ3) is 2.74. The fraction of sp³-hybridized carbons (Fsp3) is 0.214. The molecule has 0 N–H and O–H groups in total. The fourth-order valence-corrected chi connectivity index (χ4v) is 1.93. The first kappa shape index (κ1) is 12.7. The highest BCUT2D eigenvalue weighted by atomic mass is 35.5. The van der Waals surface area contributed by atoms with E-state index in [9.17, 15) is 4.79 Å². The summed E-state index contributed by atoms with van der Waals surface area (Å²) in [5, 5.41) is 0.643. The van der Waals surface area contributed by atoms with Crippen molar-refractivity contribution in [3.8, 4) is 5.75 Å². The van der Waals surface area contributed by atoms with Crippen LogP contribution in [-0.2, 0) is 6.42 Å². The second-order valence-corrected chi connectivity index (χ2v) is 4.39. The highest BCUT2D eigenvalue weighted by Crippen LogP contribution is 2.25. The van der Waals surface area contributed by atoms with Crippen LogP contribution >= 0.6 is 11.6 Å². The second-order valence-electron chi connectivity index (χ2n) is 3.96. The number of rotatable bonds is 4. The van der Waals surface area contributed by atoms with Gasteiger partial charge in [-0.2, -0.15) is 0 Å². The van der Waals surface area contributed by atoms with Crippen molar-refractivity contribution >= 4 is 17.4 Å². The zero-order valence-corrected chi connectivity index (χ0v) is 11.0. The minimum atomic E-state index is -0.0840. The fourth-order valence-electron chi connectivity index (χ4n) is 1.74. The van der Waals surface area contributed by atoms with E-state index in [0.29, 0.717) is 23.0 Å². The largest absolute Gasteiger partial charge is 0.496 e. The first-order valence-electron chi connectivity index (χ1n) is 5.52. The molecule has 0 radical (unpaired) electrons. The van der Waals surface area contributed by atoms with Crippen LogP contribution in [0.5, 0.6) is 5.75 Å². The molecule has 0 aliphatic carbocycles. The first-order chi connectivity index (χ1) is 8.60. The monoisotopic (exact) mass is 264 g/mol. The number of Topliss-reactive ketones (excluding diaryl/α,β-unsaturated/α-hetero) is 1. The van der Waals surface area contributed by atoms with Gasteiger partial charge in [0, 0.05) is 23.9 Å². The molecule has 0 spiro atoms. The molecule has 4 heteroatoms. The van der Waals surface area contributed by atoms with Gasteiger partial charge in [0.05, 0.1) is 7.11 Å². The van der Waals surface area contributed by atoms with Gasteiger partial charge in [0.2, 0.25) is 0 Å². The molecule has 1 aromatic carbocycles. The standard InChI is InChI=1S/C14H13ClO3/c1-9(16)13-6-4-12(18-13)8-10-7-11(15)3-5-14(10)17-2/h3-7H,8H2,1-2H3. The van der Waals surface area contributed by atoms with Gasteiger partial charge in [0.15, 0.2) is 11.5 Å². The van der Waals surface area contributed by atoms with Crippen molar-refractivity contribution in [2.45, 2.75) is 13.3 Å². The summed E-state index contributed by atoms with van der Waals surface area (Å²) in [4.78, 5) is 11.1. The molecule has 94 valence electrons. The Balaban J connectivity index is 2.27. The summed E-state index contributed by atoms with van der Waals surface area (Å²) in [6.45, 7) is 1.47. The van der Waals surface area contributed by atoms with Gasteiger partial charge < -0.3 is 9.15 Å². The zero-order valence-electron chi connectivity index (χ0n) is 10.2. The minimum Gasteiger partial charge on any atom is -0.496 e. The van der Waals surface area contributed by atoms with E-state index in [-0.39, 0.29) is 5.78 Å². The molecular weight excluding hydrogens is 252 g/mol. The predicted molar refractivity (Wildman–Crippen MR) is 69.5 cm³/mol. The average molecular weight is 265 g/mol. The quantitative estimate of drug-likeness (QED) is 0.790. The number of hydrogen-bond donors (Lipinski definition) is 0. The normalized spacial score (nSPS) is 10.4. The molecule has 0 unspecified atom stereocenters. The molecule has 18 heavy (non-hydrogen) atoms. The summed E-state index contributed by atoms with van der Waals surface area (Å²) in [5.41, 5.74) is 0.925. The van der Waals surface area contributed by atoms with Gasteiger partial charge in [0.1, 0.15) is 11.5 Å². The van der Waals surface area contributed by atoms with E-state index in [1.54, 1.807) is 25.3 Å². The Morgan fingerprint density at radius 2 is 2.11 bits per heavy atom. The second kappa shape index (κ2) is 5.27.